The molecule has 2 aliphatic carbocycles. The van der Waals surface area contributed by atoms with E-state index < -0.39 is 169 Å². The van der Waals surface area contributed by atoms with Gasteiger partial charge in [-0.1, -0.05) is 40.5 Å². The van der Waals surface area contributed by atoms with Gasteiger partial charge in [0.05, 0.1) is 53.6 Å². The van der Waals surface area contributed by atoms with Gasteiger partial charge in [-0.3, -0.25) is 52.7 Å². The minimum atomic E-state index is -1.62. The lowest BCUT2D eigenvalue weighted by molar-refractivity contribution is -0.147. The summed E-state index contributed by atoms with van der Waals surface area (Å²) in [5.41, 5.74) is -0.614. The van der Waals surface area contributed by atoms with Gasteiger partial charge >= 0.3 is 23.7 Å². The van der Waals surface area contributed by atoms with Crippen LogP contribution in [0.25, 0.3) is 44.4 Å². The number of carboxylic acid groups (broad SMARTS) is 1. The average Bonchev–Trinajstić information content (AvgIpc) is 1.69. The normalized spacial score (nSPS) is 19.8. The Morgan fingerprint density at radius 3 is 1.01 bits per heavy atom. The van der Waals surface area contributed by atoms with Gasteiger partial charge in [0, 0.05) is 24.4 Å². The topological polar surface area (TPSA) is 456 Å². The molecule has 4 aliphatic rings. The number of hydrogen-bond acceptors (Lipinski definition) is 21. The van der Waals surface area contributed by atoms with Crippen molar-refractivity contribution in [2.45, 2.75) is 116 Å². The molecule has 2 aliphatic heterocycles. The Labute approximate surface area is 693 Å². The number of nitrogens with zero attached hydrogens (tertiary/aromatic N) is 5. The Bertz CT molecular complexity index is 5890. The first-order valence-electron chi connectivity index (χ1n) is 38.4. The van der Waals surface area contributed by atoms with Gasteiger partial charge in [-0.15, -0.1) is 0 Å². The number of ketones is 2. The lowest BCUT2D eigenvalue weighted by atomic mass is 9.70. The van der Waals surface area contributed by atoms with Crippen LogP contribution in [0.3, 0.4) is 0 Å². The zero-order chi connectivity index (χ0) is 90.3. The maximum absolute atomic E-state index is 13.8. The summed E-state index contributed by atoms with van der Waals surface area (Å²) in [6, 6.07) is 11.7. The van der Waals surface area contributed by atoms with Crippen molar-refractivity contribution in [2.24, 2.45) is 35.5 Å². The minimum Gasteiger partial charge on any atom is -0.474 e. The molecule has 656 valence electrons. The van der Waals surface area contributed by atoms with Crippen molar-refractivity contribution in [3.8, 4) is 0 Å². The third-order valence-electron chi connectivity index (χ3n) is 21.5. The van der Waals surface area contributed by atoms with E-state index in [0.717, 1.165) is 67.9 Å². The van der Waals surface area contributed by atoms with E-state index in [4.69, 9.17) is 18.7 Å². The molecule has 4 aromatic carbocycles. The second kappa shape index (κ2) is 38.5. The summed E-state index contributed by atoms with van der Waals surface area (Å²) in [7, 11) is 0. The van der Waals surface area contributed by atoms with Crippen LogP contribution in [-0.2, 0) is 38.4 Å². The first-order chi connectivity index (χ1) is 59.4. The number of amides is 5. The summed E-state index contributed by atoms with van der Waals surface area (Å²) in [6.45, 7) is 8.84. The standard InChI is InChI=1S/2C21H18F3N3O4.C20H17F3N4O4.C12H14F3N.C8H5N3O5/c2*1-9-2-3-12(10-5-15(22)17(24)16(23)6-10)13(4-9)18(28)20(30)26-11-7-14-19(29)27-31-21(14)25-8-11;1-9-2-3-15(10-4-13(21)16(23)14(22)5-10)27(8-9)20(30)18(29)25-11-6-12-17(28)26-31-19(12)24-7-11;1-7-2-3-11(16-6-7)8-4-9(13)12(15)10(14)5-8;12-5-4-1-3(10-6(13)8(14)15)2-9-7(4)16-11-5/h2*5-9,12-13H,2-4H2,1H3,(H,26,30)(H,27,29);4-7,9,15H,2-3,8H2,1H3,(H,25,29)(H,26,28);4-5,7,11,16H,2-3,6H2,1H3;1-2H,(H,10,13)(H,11,12)(H,14,15)/t2*9-,12+,13?;;;/m10.../s1. The number of aromatic amines is 4. The fourth-order valence-corrected chi connectivity index (χ4v) is 15.1. The fourth-order valence-electron chi connectivity index (χ4n) is 15.1. The number of likely N-dealkylation sites (tertiary alicyclic amines) is 1. The Morgan fingerprint density at radius 1 is 0.376 bits per heavy atom. The van der Waals surface area contributed by atoms with Crippen molar-refractivity contribution < 1.29 is 114 Å². The Morgan fingerprint density at radius 2 is 0.680 bits per heavy atom. The molecule has 4 fully saturated rings. The number of carbonyl (C=O) groups excluding carboxylic acids is 7. The molecule has 12 aromatic rings. The number of aromatic nitrogens is 8. The maximum atomic E-state index is 13.8. The number of nitrogens with one attached hydrogen (secondary N) is 9. The molecule has 8 aromatic heterocycles. The second-order valence-electron chi connectivity index (χ2n) is 30.5. The summed E-state index contributed by atoms with van der Waals surface area (Å²) in [5, 5.41) is 29.6. The number of fused-ring (bicyclic) bond motifs is 4. The first kappa shape index (κ1) is 90.1. The van der Waals surface area contributed by atoms with Crippen molar-refractivity contribution in [3.05, 3.63) is 231 Å². The highest BCUT2D eigenvalue weighted by molar-refractivity contribution is 6.42. The first-order valence-corrected chi connectivity index (χ1v) is 38.4. The van der Waals surface area contributed by atoms with Crippen LogP contribution in [0.5, 0.6) is 0 Å². The molecule has 125 heavy (non-hydrogen) atoms. The highest BCUT2D eigenvalue weighted by Crippen LogP contribution is 2.44. The molecule has 0 spiro atoms. The quantitative estimate of drug-likeness (QED) is 0.0308. The van der Waals surface area contributed by atoms with E-state index in [-0.39, 0.29) is 114 Å². The summed E-state index contributed by atoms with van der Waals surface area (Å²) in [4.78, 5) is 160. The van der Waals surface area contributed by atoms with Gasteiger partial charge in [0.15, 0.2) is 69.8 Å². The van der Waals surface area contributed by atoms with Gasteiger partial charge in [-0.05, 0) is 188 Å². The number of pyridine rings is 4. The number of carbonyl (C=O) groups is 8. The molecule has 2 saturated carbocycles. The number of halogens is 12. The number of aliphatic carboxylic acids is 1. The molecule has 10 atom stereocenters. The van der Waals surface area contributed by atoms with Crippen LogP contribution in [0.15, 0.2) is 135 Å². The average molecular weight is 1750 g/mol. The lowest BCUT2D eigenvalue weighted by Gasteiger charge is -2.38. The predicted molar refractivity (Wildman–Crippen MR) is 416 cm³/mol. The highest BCUT2D eigenvalue weighted by Gasteiger charge is 2.42. The summed E-state index contributed by atoms with van der Waals surface area (Å²) in [6.07, 6.45) is 10.6. The molecular weight excluding hydrogens is 1680 g/mol. The van der Waals surface area contributed by atoms with E-state index in [1.54, 1.807) is 0 Å². The number of Topliss-reactive ketones (excluding diaryl/α,β-unsaturated/α-hetero) is 2. The van der Waals surface area contributed by atoms with Crippen LogP contribution in [-0.4, -0.2) is 111 Å². The zero-order valence-electron chi connectivity index (χ0n) is 65.7. The largest absolute Gasteiger partial charge is 0.474 e. The van der Waals surface area contributed by atoms with E-state index in [1.807, 2.05) is 20.8 Å². The Balaban J connectivity index is 0.000000146. The second-order valence-corrected chi connectivity index (χ2v) is 30.5. The highest BCUT2D eigenvalue weighted by atomic mass is 19.2. The number of rotatable bonds is 12. The number of anilines is 4. The molecule has 10 N–H and O–H groups in total. The van der Waals surface area contributed by atoms with E-state index in [1.165, 1.54) is 54.0 Å². The van der Waals surface area contributed by atoms with Crippen LogP contribution < -0.4 is 48.8 Å². The summed E-state index contributed by atoms with van der Waals surface area (Å²) < 4.78 is 181. The molecule has 31 nitrogen and oxygen atoms in total. The lowest BCUT2D eigenvalue weighted by Crippen LogP contribution is -2.46. The van der Waals surface area contributed by atoms with E-state index in [0.29, 0.717) is 62.8 Å². The molecule has 0 bridgehead atoms. The van der Waals surface area contributed by atoms with Crippen molar-refractivity contribution in [1.82, 2.24) is 50.8 Å². The number of carboxylic acids is 1. The van der Waals surface area contributed by atoms with Gasteiger partial charge in [0.1, 0.15) is 21.5 Å². The monoisotopic (exact) mass is 1750 g/mol. The Kier molecular flexibility index (Phi) is 27.7. The third kappa shape index (κ3) is 21.0. The molecule has 6 unspecified atom stereocenters. The van der Waals surface area contributed by atoms with E-state index >= 15 is 0 Å². The molecule has 2 saturated heterocycles. The van der Waals surface area contributed by atoms with Crippen molar-refractivity contribution in [2.75, 3.05) is 34.4 Å². The molecule has 43 heteroatoms. The van der Waals surface area contributed by atoms with Gasteiger partial charge < -0.3 is 54.7 Å². The molecular formula is C82H72F12N14O17. The third-order valence-corrected chi connectivity index (χ3v) is 21.5. The van der Waals surface area contributed by atoms with Crippen LogP contribution in [0, 0.1) is 105 Å². The van der Waals surface area contributed by atoms with Crippen LogP contribution in [0.1, 0.15) is 138 Å². The van der Waals surface area contributed by atoms with E-state index in [2.05, 4.69) is 78.6 Å². The van der Waals surface area contributed by atoms with Crippen LogP contribution in [0.4, 0.5) is 75.4 Å². The molecule has 0 radical (unpaired) electrons. The SMILES string of the molecule is CC1CCC(c2cc(F)c(F)c(F)c2)N(C(=O)C(=O)Nc2cnc3o[nH]c(=O)c3c2)C1.CC1CCC(c2cc(F)c(F)c(F)c2)NC1.C[C@@H]1CC[C@@H](c2cc(F)c(F)c(F)c2)C(C(=O)C(=O)Nc2cnc3o[nH]c(=O)c3c2)C1.C[C@H]1CC[C@H](c2cc(F)c(F)c(F)c2)C(C(=O)C(=O)Nc2cnc3o[nH]c(=O)c3c2)C1.O=C(O)C(=O)Nc1cnc2o[nH]c(=O)c2c1. The molecule has 16 rings (SSSR count). The van der Waals surface area contributed by atoms with Gasteiger partial charge in [-0.25, -0.2) is 77.4 Å². The number of benzene rings is 4. The number of hydrogen-bond donors (Lipinski definition) is 10. The maximum Gasteiger partial charge on any atom is 0.394 e. The van der Waals surface area contributed by atoms with E-state index in [9.17, 15) is 110 Å². The summed E-state index contributed by atoms with van der Waals surface area (Å²) in [5.74, 6) is -26.7. The molecule has 10 heterocycles. The minimum absolute atomic E-state index is 0.0413. The molecule has 5 amide bonds. The van der Waals surface area contributed by atoms with Gasteiger partial charge in [0.2, 0.25) is 11.6 Å². The number of H-pyrrole nitrogens is 4. The smallest absolute Gasteiger partial charge is 0.394 e. The van der Waals surface area contributed by atoms with Crippen molar-refractivity contribution >= 4 is 114 Å². The van der Waals surface area contributed by atoms with Crippen LogP contribution in [0.2, 0.25) is 0 Å². The summed E-state index contributed by atoms with van der Waals surface area (Å²) >= 11 is 0. The van der Waals surface area contributed by atoms with Crippen molar-refractivity contribution in [1.29, 1.82) is 0 Å². The van der Waals surface area contributed by atoms with Gasteiger partial charge in [-0.2, -0.15) is 20.6 Å². The predicted octanol–water partition coefficient (Wildman–Crippen LogP) is 12.9. The van der Waals surface area contributed by atoms with Crippen LogP contribution >= 0.6 is 0 Å². The van der Waals surface area contributed by atoms with Crippen molar-refractivity contribution in [3.63, 3.8) is 0 Å². The fraction of sp³-hybridized carbons (Fsp3) is 0.317. The number of piperidine rings is 2. The zero-order valence-corrected chi connectivity index (χ0v) is 65.7. The Hall–Kier alpha value is -14.2. The van der Waals surface area contributed by atoms with Gasteiger partial charge in [0.25, 0.3) is 56.9 Å².